The molecule has 1 atom stereocenters. The third kappa shape index (κ3) is 2.47. The Hall–Kier alpha value is -2.07. The van der Waals surface area contributed by atoms with Gasteiger partial charge in [-0.15, -0.1) is 0 Å². The summed E-state index contributed by atoms with van der Waals surface area (Å²) in [6.07, 6.45) is 0.126. The SMILES string of the molecule is CC(=O)CC(c1ccccc1)C1(Br)C(=O)c2ccccc2C1=O. The second-order valence-electron chi connectivity index (χ2n) is 5.79. The van der Waals surface area contributed by atoms with Gasteiger partial charge in [0.2, 0.25) is 0 Å². The van der Waals surface area contributed by atoms with Crippen LogP contribution in [0.15, 0.2) is 54.6 Å². The van der Waals surface area contributed by atoms with Gasteiger partial charge in [-0.2, -0.15) is 0 Å². The number of carbonyl (C=O) groups excluding carboxylic acids is 3. The van der Waals surface area contributed by atoms with Crippen LogP contribution in [0.2, 0.25) is 0 Å². The van der Waals surface area contributed by atoms with Gasteiger partial charge in [0.25, 0.3) is 0 Å². The van der Waals surface area contributed by atoms with Crippen molar-refractivity contribution in [2.24, 2.45) is 0 Å². The lowest BCUT2D eigenvalue weighted by atomic mass is 9.79. The molecule has 0 heterocycles. The molecule has 23 heavy (non-hydrogen) atoms. The normalized spacial score (nSPS) is 17.0. The quantitative estimate of drug-likeness (QED) is 0.604. The van der Waals surface area contributed by atoms with E-state index >= 15 is 0 Å². The number of hydrogen-bond acceptors (Lipinski definition) is 3. The van der Waals surface area contributed by atoms with Gasteiger partial charge in [0.1, 0.15) is 5.78 Å². The Bertz CT molecular complexity index is 760. The third-order valence-corrected chi connectivity index (χ3v) is 5.52. The molecule has 0 aromatic heterocycles. The highest BCUT2D eigenvalue weighted by Crippen LogP contribution is 2.47. The molecule has 0 saturated carbocycles. The van der Waals surface area contributed by atoms with Crippen LogP contribution in [0.3, 0.4) is 0 Å². The number of rotatable bonds is 4. The standard InChI is InChI=1S/C19H15BrO3/c1-12(21)11-16(13-7-3-2-4-8-13)19(20)17(22)14-9-5-6-10-15(14)18(19)23/h2-10,16H,11H2,1H3. The fourth-order valence-electron chi connectivity index (χ4n) is 3.15. The summed E-state index contributed by atoms with van der Waals surface area (Å²) in [5.41, 5.74) is 1.63. The van der Waals surface area contributed by atoms with Gasteiger partial charge in [-0.1, -0.05) is 70.5 Å². The molecule has 0 amide bonds. The molecule has 0 radical (unpaired) electrons. The number of Topliss-reactive ketones (excluding diaryl/α,β-unsaturated/α-hetero) is 3. The Morgan fingerprint density at radius 2 is 1.43 bits per heavy atom. The Labute approximate surface area is 142 Å². The Morgan fingerprint density at radius 3 is 1.91 bits per heavy atom. The maximum absolute atomic E-state index is 12.9. The highest BCUT2D eigenvalue weighted by molar-refractivity contribution is 9.10. The topological polar surface area (TPSA) is 51.2 Å². The summed E-state index contributed by atoms with van der Waals surface area (Å²) in [7, 11) is 0. The molecular formula is C19H15BrO3. The number of alkyl halides is 1. The van der Waals surface area contributed by atoms with E-state index < -0.39 is 10.2 Å². The predicted octanol–water partition coefficient (Wildman–Crippen LogP) is 3.96. The molecule has 1 unspecified atom stereocenters. The van der Waals surface area contributed by atoms with Crippen LogP contribution in [0.25, 0.3) is 0 Å². The fraction of sp³-hybridized carbons (Fsp3) is 0.211. The zero-order valence-electron chi connectivity index (χ0n) is 12.6. The van der Waals surface area contributed by atoms with E-state index in [4.69, 9.17) is 0 Å². The number of hydrogen-bond donors (Lipinski definition) is 0. The lowest BCUT2D eigenvalue weighted by molar-refractivity contribution is -0.117. The van der Waals surface area contributed by atoms with E-state index in [9.17, 15) is 14.4 Å². The van der Waals surface area contributed by atoms with Gasteiger partial charge in [0, 0.05) is 23.5 Å². The highest BCUT2D eigenvalue weighted by Gasteiger charge is 2.56. The molecule has 0 aliphatic heterocycles. The fourth-order valence-corrected chi connectivity index (χ4v) is 4.01. The number of benzene rings is 2. The van der Waals surface area contributed by atoms with Crippen LogP contribution in [0.5, 0.6) is 0 Å². The second-order valence-corrected chi connectivity index (χ2v) is 7.04. The van der Waals surface area contributed by atoms with Crippen molar-refractivity contribution in [2.75, 3.05) is 0 Å². The van der Waals surface area contributed by atoms with E-state index in [-0.39, 0.29) is 23.8 Å². The number of fused-ring (bicyclic) bond motifs is 1. The van der Waals surface area contributed by atoms with Crippen molar-refractivity contribution in [1.29, 1.82) is 0 Å². The second kappa shape index (κ2) is 5.85. The summed E-state index contributed by atoms with van der Waals surface area (Å²) < 4.78 is -1.41. The third-order valence-electron chi connectivity index (χ3n) is 4.25. The molecule has 0 fully saturated rings. The van der Waals surface area contributed by atoms with Crippen LogP contribution in [0.1, 0.15) is 45.5 Å². The molecule has 0 saturated heterocycles. The number of carbonyl (C=O) groups is 3. The summed E-state index contributed by atoms with van der Waals surface area (Å²) in [5.74, 6) is -1.13. The van der Waals surface area contributed by atoms with E-state index in [0.29, 0.717) is 11.1 Å². The molecule has 0 bridgehead atoms. The lowest BCUT2D eigenvalue weighted by Gasteiger charge is -2.29. The van der Waals surface area contributed by atoms with Gasteiger partial charge in [-0.25, -0.2) is 0 Å². The van der Waals surface area contributed by atoms with Gasteiger partial charge >= 0.3 is 0 Å². The summed E-state index contributed by atoms with van der Waals surface area (Å²) in [6.45, 7) is 1.48. The molecule has 0 N–H and O–H groups in total. The first kappa shape index (κ1) is 15.8. The van der Waals surface area contributed by atoms with Gasteiger partial charge in [-0.3, -0.25) is 9.59 Å². The molecule has 1 aliphatic rings. The van der Waals surface area contributed by atoms with Crippen molar-refractivity contribution >= 4 is 33.3 Å². The average Bonchev–Trinajstić information content (AvgIpc) is 2.76. The monoisotopic (exact) mass is 370 g/mol. The van der Waals surface area contributed by atoms with E-state index in [2.05, 4.69) is 15.9 Å². The summed E-state index contributed by atoms with van der Waals surface area (Å²) in [4.78, 5) is 37.7. The lowest BCUT2D eigenvalue weighted by Crippen LogP contribution is -2.41. The molecule has 3 nitrogen and oxygen atoms in total. The maximum Gasteiger partial charge on any atom is 0.188 e. The van der Waals surface area contributed by atoms with Crippen LogP contribution in [0, 0.1) is 0 Å². The zero-order valence-corrected chi connectivity index (χ0v) is 14.2. The van der Waals surface area contributed by atoms with E-state index in [1.807, 2.05) is 30.3 Å². The van der Waals surface area contributed by atoms with Crippen molar-refractivity contribution in [3.63, 3.8) is 0 Å². The van der Waals surface area contributed by atoms with Gasteiger partial charge in [0.15, 0.2) is 15.9 Å². The molecule has 1 aliphatic carbocycles. The molecule has 116 valence electrons. The van der Waals surface area contributed by atoms with Crippen LogP contribution >= 0.6 is 15.9 Å². The first-order chi connectivity index (χ1) is 11.0. The van der Waals surface area contributed by atoms with Crippen molar-refractivity contribution in [3.8, 4) is 0 Å². The first-order valence-electron chi connectivity index (χ1n) is 7.38. The smallest absolute Gasteiger partial charge is 0.188 e. The van der Waals surface area contributed by atoms with Gasteiger partial charge in [0.05, 0.1) is 0 Å². The van der Waals surface area contributed by atoms with E-state index in [0.717, 1.165) is 5.56 Å². The zero-order chi connectivity index (χ0) is 16.6. The molecular weight excluding hydrogens is 356 g/mol. The average molecular weight is 371 g/mol. The van der Waals surface area contributed by atoms with Gasteiger partial charge in [-0.05, 0) is 12.5 Å². The summed E-state index contributed by atoms with van der Waals surface area (Å²) in [5, 5.41) is 0. The van der Waals surface area contributed by atoms with Gasteiger partial charge < -0.3 is 4.79 Å². The molecule has 3 rings (SSSR count). The van der Waals surface area contributed by atoms with Crippen molar-refractivity contribution in [3.05, 3.63) is 71.3 Å². The maximum atomic E-state index is 12.9. The van der Waals surface area contributed by atoms with E-state index in [1.54, 1.807) is 24.3 Å². The van der Waals surface area contributed by atoms with Crippen LogP contribution in [0.4, 0.5) is 0 Å². The molecule has 4 heteroatoms. The number of ketones is 3. The Kier molecular flexibility index (Phi) is 4.02. The Morgan fingerprint density at radius 1 is 0.957 bits per heavy atom. The minimum Gasteiger partial charge on any atom is -0.300 e. The van der Waals surface area contributed by atoms with Crippen LogP contribution < -0.4 is 0 Å². The van der Waals surface area contributed by atoms with Crippen molar-refractivity contribution in [1.82, 2.24) is 0 Å². The molecule has 2 aromatic carbocycles. The Balaban J connectivity index is 2.15. The van der Waals surface area contributed by atoms with Crippen LogP contribution in [-0.2, 0) is 4.79 Å². The highest BCUT2D eigenvalue weighted by atomic mass is 79.9. The van der Waals surface area contributed by atoms with Crippen molar-refractivity contribution < 1.29 is 14.4 Å². The summed E-state index contributed by atoms with van der Waals surface area (Å²) in [6, 6.07) is 16.0. The molecule has 2 aromatic rings. The van der Waals surface area contributed by atoms with Crippen molar-refractivity contribution in [2.45, 2.75) is 23.6 Å². The molecule has 0 spiro atoms. The predicted molar refractivity (Wildman–Crippen MR) is 91.2 cm³/mol. The minimum absolute atomic E-state index is 0.0609. The largest absolute Gasteiger partial charge is 0.300 e. The van der Waals surface area contributed by atoms with E-state index in [1.165, 1.54) is 6.92 Å². The first-order valence-corrected chi connectivity index (χ1v) is 8.17. The van der Waals surface area contributed by atoms with Crippen LogP contribution in [-0.4, -0.2) is 21.7 Å². The minimum atomic E-state index is -1.41. The number of halogens is 1. The summed E-state index contributed by atoms with van der Waals surface area (Å²) >= 11 is 3.44.